The molecule has 1 amide bonds. The average molecular weight is 345 g/mol. The molecule has 25 heavy (non-hydrogen) atoms. The highest BCUT2D eigenvalue weighted by Gasteiger charge is 2.36. The number of imidazole rings is 1. The third-order valence-corrected chi connectivity index (χ3v) is 4.16. The van der Waals surface area contributed by atoms with E-state index in [-0.39, 0.29) is 25.7 Å². The molecule has 7 heteroatoms. The molecule has 1 aliphatic heterocycles. The minimum absolute atomic E-state index is 0.0425. The predicted molar refractivity (Wildman–Crippen MR) is 91.6 cm³/mol. The van der Waals surface area contributed by atoms with Crippen LogP contribution in [0.5, 0.6) is 5.75 Å². The Balaban J connectivity index is 1.70. The summed E-state index contributed by atoms with van der Waals surface area (Å²) in [7, 11) is 1.77. The fourth-order valence-corrected chi connectivity index (χ4v) is 2.81. The summed E-state index contributed by atoms with van der Waals surface area (Å²) in [6, 6.07) is 7.61. The molecule has 1 unspecified atom stereocenters. The van der Waals surface area contributed by atoms with E-state index >= 15 is 0 Å². The lowest BCUT2D eigenvalue weighted by Crippen LogP contribution is -2.50. The van der Waals surface area contributed by atoms with Crippen molar-refractivity contribution in [2.75, 3.05) is 32.9 Å². The van der Waals surface area contributed by atoms with Crippen molar-refractivity contribution in [2.24, 2.45) is 7.05 Å². The summed E-state index contributed by atoms with van der Waals surface area (Å²) in [6.45, 7) is 3.03. The number of nitrogens with zero attached hydrogens (tertiary/aromatic N) is 3. The van der Waals surface area contributed by atoms with E-state index in [9.17, 15) is 9.90 Å². The molecule has 2 aromatic rings. The van der Waals surface area contributed by atoms with Gasteiger partial charge in [-0.1, -0.05) is 12.1 Å². The van der Waals surface area contributed by atoms with Crippen LogP contribution in [0.3, 0.4) is 0 Å². The summed E-state index contributed by atoms with van der Waals surface area (Å²) in [6.07, 6.45) is 3.29. The normalized spacial score (nSPS) is 21.0. The quantitative estimate of drug-likeness (QED) is 0.895. The van der Waals surface area contributed by atoms with Gasteiger partial charge in [-0.15, -0.1) is 0 Å². The minimum Gasteiger partial charge on any atom is -0.490 e. The van der Waals surface area contributed by atoms with Gasteiger partial charge in [-0.2, -0.15) is 0 Å². The molecule has 0 saturated carbocycles. The van der Waals surface area contributed by atoms with E-state index in [1.165, 1.54) is 0 Å². The van der Waals surface area contributed by atoms with Gasteiger partial charge in [-0.3, -0.25) is 4.79 Å². The van der Waals surface area contributed by atoms with Crippen LogP contribution in [0.1, 0.15) is 16.2 Å². The Bertz CT molecular complexity index is 745. The first-order chi connectivity index (χ1) is 12.0. The molecule has 1 atom stereocenters. The Hall–Kier alpha value is -2.38. The van der Waals surface area contributed by atoms with Gasteiger partial charge >= 0.3 is 0 Å². The molecule has 0 spiro atoms. The lowest BCUT2D eigenvalue weighted by atomic mass is 10.1. The zero-order chi connectivity index (χ0) is 17.9. The van der Waals surface area contributed by atoms with Crippen molar-refractivity contribution >= 4 is 5.91 Å². The standard InChI is InChI=1S/C18H23N3O4/c1-14-4-3-5-15(10-14)25-13-18(23)11-21(8-9-24-12-18)17(22)16-19-6-7-20(16)2/h3-7,10,23H,8-9,11-13H2,1-2H3. The van der Waals surface area contributed by atoms with Gasteiger partial charge in [0.15, 0.2) is 5.82 Å². The summed E-state index contributed by atoms with van der Waals surface area (Å²) in [5.74, 6) is 0.787. The molecule has 3 rings (SSSR count). The number of amides is 1. The van der Waals surface area contributed by atoms with Gasteiger partial charge in [-0.25, -0.2) is 4.98 Å². The number of aryl methyl sites for hydroxylation is 2. The monoisotopic (exact) mass is 345 g/mol. The lowest BCUT2D eigenvalue weighted by Gasteiger charge is -2.30. The summed E-state index contributed by atoms with van der Waals surface area (Å²) in [4.78, 5) is 18.3. The van der Waals surface area contributed by atoms with Crippen LogP contribution in [0.4, 0.5) is 0 Å². The number of aliphatic hydroxyl groups is 1. The predicted octanol–water partition coefficient (Wildman–Crippen LogP) is 1.01. The van der Waals surface area contributed by atoms with Gasteiger partial charge < -0.3 is 24.0 Å². The molecular weight excluding hydrogens is 322 g/mol. The van der Waals surface area contributed by atoms with Crippen LogP contribution in [0.25, 0.3) is 0 Å². The van der Waals surface area contributed by atoms with E-state index in [4.69, 9.17) is 9.47 Å². The van der Waals surface area contributed by atoms with Gasteiger partial charge in [0, 0.05) is 26.0 Å². The third-order valence-electron chi connectivity index (χ3n) is 4.16. The van der Waals surface area contributed by atoms with Gasteiger partial charge in [0.2, 0.25) is 0 Å². The zero-order valence-electron chi connectivity index (χ0n) is 14.5. The first-order valence-electron chi connectivity index (χ1n) is 8.23. The van der Waals surface area contributed by atoms with Crippen LogP contribution >= 0.6 is 0 Å². The van der Waals surface area contributed by atoms with Gasteiger partial charge in [0.25, 0.3) is 5.91 Å². The Labute approximate surface area is 146 Å². The molecule has 0 bridgehead atoms. The van der Waals surface area contributed by atoms with E-state index in [2.05, 4.69) is 4.98 Å². The minimum atomic E-state index is -1.28. The molecule has 2 heterocycles. The zero-order valence-corrected chi connectivity index (χ0v) is 14.5. The number of carbonyl (C=O) groups is 1. The van der Waals surface area contributed by atoms with Gasteiger partial charge in [0.05, 0.1) is 19.8 Å². The smallest absolute Gasteiger partial charge is 0.290 e. The van der Waals surface area contributed by atoms with E-state index in [1.54, 1.807) is 28.9 Å². The highest BCUT2D eigenvalue weighted by atomic mass is 16.5. The second-order valence-corrected chi connectivity index (χ2v) is 6.47. The van der Waals surface area contributed by atoms with Crippen molar-refractivity contribution in [1.82, 2.24) is 14.5 Å². The van der Waals surface area contributed by atoms with Crippen LogP contribution in [-0.4, -0.2) is 64.0 Å². The van der Waals surface area contributed by atoms with E-state index in [0.717, 1.165) is 5.56 Å². The van der Waals surface area contributed by atoms with Gasteiger partial charge in [0.1, 0.15) is 18.0 Å². The molecule has 1 aromatic heterocycles. The Morgan fingerprint density at radius 2 is 2.32 bits per heavy atom. The van der Waals surface area contributed by atoms with Crippen molar-refractivity contribution in [3.05, 3.63) is 48.0 Å². The maximum atomic E-state index is 12.7. The van der Waals surface area contributed by atoms with Crippen LogP contribution < -0.4 is 4.74 Å². The number of aromatic nitrogens is 2. The molecule has 0 aliphatic carbocycles. The number of benzene rings is 1. The number of hydrogen-bond donors (Lipinski definition) is 1. The Morgan fingerprint density at radius 1 is 1.48 bits per heavy atom. The van der Waals surface area contributed by atoms with Crippen LogP contribution in [-0.2, 0) is 11.8 Å². The summed E-state index contributed by atoms with van der Waals surface area (Å²) < 4.78 is 12.9. The van der Waals surface area contributed by atoms with Crippen molar-refractivity contribution in [2.45, 2.75) is 12.5 Å². The van der Waals surface area contributed by atoms with E-state index in [0.29, 0.717) is 24.7 Å². The highest BCUT2D eigenvalue weighted by molar-refractivity contribution is 5.90. The Morgan fingerprint density at radius 3 is 3.04 bits per heavy atom. The van der Waals surface area contributed by atoms with Crippen LogP contribution in [0, 0.1) is 6.92 Å². The van der Waals surface area contributed by atoms with E-state index in [1.807, 2.05) is 31.2 Å². The topological polar surface area (TPSA) is 76.8 Å². The molecule has 0 radical (unpaired) electrons. The number of carbonyl (C=O) groups excluding carboxylic acids is 1. The van der Waals surface area contributed by atoms with Crippen molar-refractivity contribution < 1.29 is 19.4 Å². The van der Waals surface area contributed by atoms with Crippen LogP contribution in [0.15, 0.2) is 36.7 Å². The summed E-state index contributed by atoms with van der Waals surface area (Å²) >= 11 is 0. The fraction of sp³-hybridized carbons (Fsp3) is 0.444. The number of ether oxygens (including phenoxy) is 2. The average Bonchev–Trinajstić information content (AvgIpc) is 2.91. The molecule has 1 saturated heterocycles. The molecular formula is C18H23N3O4. The molecule has 1 aliphatic rings. The van der Waals surface area contributed by atoms with Crippen LogP contribution in [0.2, 0.25) is 0 Å². The first-order valence-corrected chi connectivity index (χ1v) is 8.23. The molecule has 134 valence electrons. The summed E-state index contributed by atoms with van der Waals surface area (Å²) in [5.41, 5.74) is -0.200. The maximum absolute atomic E-state index is 12.7. The van der Waals surface area contributed by atoms with Crippen molar-refractivity contribution in [3.63, 3.8) is 0 Å². The largest absolute Gasteiger partial charge is 0.490 e. The fourth-order valence-electron chi connectivity index (χ4n) is 2.81. The highest BCUT2D eigenvalue weighted by Crippen LogP contribution is 2.18. The first kappa shape index (κ1) is 17.4. The molecule has 1 N–H and O–H groups in total. The van der Waals surface area contributed by atoms with Crippen molar-refractivity contribution in [3.8, 4) is 5.75 Å². The number of β-amino-alcohol motifs (C(OH)–C–C–N with tert-alkyl or cyclic N) is 1. The summed E-state index contributed by atoms with van der Waals surface area (Å²) in [5, 5.41) is 10.9. The molecule has 1 fully saturated rings. The molecule has 1 aromatic carbocycles. The molecule has 7 nitrogen and oxygen atoms in total. The second-order valence-electron chi connectivity index (χ2n) is 6.47. The maximum Gasteiger partial charge on any atom is 0.290 e. The second kappa shape index (κ2) is 7.25. The van der Waals surface area contributed by atoms with Crippen molar-refractivity contribution in [1.29, 1.82) is 0 Å². The lowest BCUT2D eigenvalue weighted by molar-refractivity contribution is -0.0621. The van der Waals surface area contributed by atoms with Gasteiger partial charge in [-0.05, 0) is 24.6 Å². The SMILES string of the molecule is Cc1cccc(OCC2(O)COCCN(C(=O)c3nccn3C)C2)c1. The van der Waals surface area contributed by atoms with E-state index < -0.39 is 5.60 Å². The number of rotatable bonds is 4. The third kappa shape index (κ3) is 4.18. The Kier molecular flexibility index (Phi) is 5.06. The number of hydrogen-bond acceptors (Lipinski definition) is 5.